The zero-order valence-electron chi connectivity index (χ0n) is 23.3. The van der Waals surface area contributed by atoms with Crippen LogP contribution in [0.4, 0.5) is 18.0 Å². The first-order chi connectivity index (χ1) is 19.4. The third-order valence-corrected chi connectivity index (χ3v) is 8.57. The number of carbonyl (C=O) groups is 2. The van der Waals surface area contributed by atoms with E-state index in [9.17, 15) is 22.8 Å². The van der Waals surface area contributed by atoms with Gasteiger partial charge in [0.2, 0.25) is 5.91 Å². The van der Waals surface area contributed by atoms with E-state index in [1.165, 1.54) is 17.0 Å². The van der Waals surface area contributed by atoms with Crippen molar-refractivity contribution < 1.29 is 22.8 Å². The first kappa shape index (κ1) is 30.4. The van der Waals surface area contributed by atoms with Crippen LogP contribution in [0.5, 0.6) is 0 Å². The number of halogens is 4. The number of likely N-dealkylation sites (N-methyl/N-ethyl adjacent to an activating group) is 1. The number of carbonyl (C=O) groups excluding carboxylic acids is 2. The van der Waals surface area contributed by atoms with Gasteiger partial charge in [0.15, 0.2) is 0 Å². The summed E-state index contributed by atoms with van der Waals surface area (Å²) in [6, 6.07) is 9.02. The number of allylic oxidation sites excluding steroid dienone is 2. The van der Waals surface area contributed by atoms with Crippen LogP contribution in [0, 0.1) is 12.3 Å². The average molecular weight is 586 g/mol. The molecule has 0 aliphatic carbocycles. The van der Waals surface area contributed by atoms with Gasteiger partial charge in [-0.3, -0.25) is 4.79 Å². The topological polar surface area (TPSA) is 43.9 Å². The highest BCUT2D eigenvalue weighted by atomic mass is 35.5. The molecule has 41 heavy (non-hydrogen) atoms. The van der Waals surface area contributed by atoms with E-state index < -0.39 is 29.2 Å². The van der Waals surface area contributed by atoms with Gasteiger partial charge in [0.05, 0.1) is 29.1 Å². The molecule has 0 aromatic heterocycles. The molecule has 4 rings (SSSR count). The van der Waals surface area contributed by atoms with Crippen LogP contribution in [0.1, 0.15) is 53.6 Å². The Kier molecular flexibility index (Phi) is 8.73. The van der Waals surface area contributed by atoms with Crippen LogP contribution in [-0.4, -0.2) is 52.8 Å². The standard InChI is InChI=1S/C32H35ClF3N3O2/c1-6-13-31(14-7-2)20-27-28(25-12-10-9-11-21(25)4)39(16-15-38(27)29(31)40)30(41)37(5)26(8-3)22-17-23(32(34,35)36)19-24(33)18-22/h6-12,17-19,26-28H,1-3,13-16,20H2,4-5H3/t26-,27+,28+/m1/s1. The van der Waals surface area contributed by atoms with Crippen molar-refractivity contribution >= 4 is 23.5 Å². The molecule has 9 heteroatoms. The number of amides is 3. The van der Waals surface area contributed by atoms with E-state index in [0.717, 1.165) is 23.3 Å². The molecule has 0 N–H and O–H groups in total. The Morgan fingerprint density at radius 2 is 1.80 bits per heavy atom. The largest absolute Gasteiger partial charge is 0.416 e. The second kappa shape index (κ2) is 11.8. The highest BCUT2D eigenvalue weighted by molar-refractivity contribution is 6.30. The van der Waals surface area contributed by atoms with Gasteiger partial charge in [0.1, 0.15) is 0 Å². The summed E-state index contributed by atoms with van der Waals surface area (Å²) in [4.78, 5) is 33.0. The maximum Gasteiger partial charge on any atom is 0.416 e. The number of nitrogens with zero attached hydrogens (tertiary/aromatic N) is 3. The third kappa shape index (κ3) is 5.67. The van der Waals surface area contributed by atoms with Gasteiger partial charge >= 0.3 is 12.2 Å². The van der Waals surface area contributed by atoms with Gasteiger partial charge in [0.25, 0.3) is 0 Å². The minimum Gasteiger partial charge on any atom is -0.335 e. The van der Waals surface area contributed by atoms with E-state index in [1.807, 2.05) is 36.1 Å². The number of rotatable bonds is 8. The maximum absolute atomic E-state index is 14.2. The number of hydrogen-bond donors (Lipinski definition) is 0. The number of urea groups is 1. The molecule has 0 spiro atoms. The van der Waals surface area contributed by atoms with Crippen molar-refractivity contribution in [3.8, 4) is 0 Å². The van der Waals surface area contributed by atoms with Crippen LogP contribution < -0.4 is 0 Å². The summed E-state index contributed by atoms with van der Waals surface area (Å²) in [6.45, 7) is 14.1. The van der Waals surface area contributed by atoms with Crippen LogP contribution in [0.2, 0.25) is 5.02 Å². The summed E-state index contributed by atoms with van der Waals surface area (Å²) >= 11 is 6.06. The summed E-state index contributed by atoms with van der Waals surface area (Å²) in [5.74, 6) is 0.0314. The van der Waals surface area contributed by atoms with Gasteiger partial charge in [-0.15, -0.1) is 19.7 Å². The molecule has 5 nitrogen and oxygen atoms in total. The van der Waals surface area contributed by atoms with E-state index in [-0.39, 0.29) is 35.1 Å². The lowest BCUT2D eigenvalue weighted by Gasteiger charge is -2.47. The second-order valence-electron chi connectivity index (χ2n) is 10.9. The maximum atomic E-state index is 14.2. The Labute approximate surface area is 244 Å². The van der Waals surface area contributed by atoms with Gasteiger partial charge in [-0.1, -0.05) is 54.1 Å². The molecule has 2 fully saturated rings. The van der Waals surface area contributed by atoms with E-state index in [1.54, 1.807) is 24.1 Å². The molecule has 3 atom stereocenters. The molecule has 218 valence electrons. The van der Waals surface area contributed by atoms with E-state index in [2.05, 4.69) is 19.7 Å². The number of benzene rings is 2. The van der Waals surface area contributed by atoms with Crippen LogP contribution >= 0.6 is 11.6 Å². The van der Waals surface area contributed by atoms with E-state index >= 15 is 0 Å². The van der Waals surface area contributed by atoms with Gasteiger partial charge in [0, 0.05) is 25.2 Å². The van der Waals surface area contributed by atoms with Gasteiger partial charge in [-0.05, 0) is 61.1 Å². The van der Waals surface area contributed by atoms with E-state index in [0.29, 0.717) is 25.8 Å². The fourth-order valence-corrected chi connectivity index (χ4v) is 6.68. The van der Waals surface area contributed by atoms with Crippen molar-refractivity contribution in [1.29, 1.82) is 0 Å². The number of aryl methyl sites for hydroxylation is 1. The molecule has 2 heterocycles. The summed E-state index contributed by atoms with van der Waals surface area (Å²) in [7, 11) is 1.55. The summed E-state index contributed by atoms with van der Waals surface area (Å²) < 4.78 is 40.7. The minimum atomic E-state index is -4.60. The number of alkyl halides is 3. The first-order valence-electron chi connectivity index (χ1n) is 13.5. The number of piperazine rings is 1. The Hall–Kier alpha value is -3.52. The second-order valence-corrected chi connectivity index (χ2v) is 11.3. The molecule has 3 amide bonds. The zero-order valence-corrected chi connectivity index (χ0v) is 24.1. The van der Waals surface area contributed by atoms with Gasteiger partial charge in [-0.2, -0.15) is 13.2 Å². The smallest absolute Gasteiger partial charge is 0.335 e. The quantitative estimate of drug-likeness (QED) is 0.297. The summed E-state index contributed by atoms with van der Waals surface area (Å²) in [5, 5.41) is -0.0841. The monoisotopic (exact) mass is 585 g/mol. The Morgan fingerprint density at radius 1 is 1.15 bits per heavy atom. The molecule has 2 aromatic rings. The highest BCUT2D eigenvalue weighted by Gasteiger charge is 2.56. The molecule has 0 saturated carbocycles. The third-order valence-electron chi connectivity index (χ3n) is 8.35. The molecule has 0 unspecified atom stereocenters. The molecular weight excluding hydrogens is 551 g/mol. The van der Waals surface area contributed by atoms with Crippen molar-refractivity contribution in [2.24, 2.45) is 5.41 Å². The van der Waals surface area contributed by atoms with Crippen LogP contribution in [0.25, 0.3) is 0 Å². The Morgan fingerprint density at radius 3 is 2.39 bits per heavy atom. The number of hydrogen-bond acceptors (Lipinski definition) is 2. The van der Waals surface area contributed by atoms with Crippen molar-refractivity contribution in [3.63, 3.8) is 0 Å². The molecule has 2 aliphatic rings. The SMILES string of the molecule is C=CCC1(CC=C)C[C@H]2[C@H](c3ccccc3C)N(C(=O)N(C)[C@H](C=C)c3cc(Cl)cc(C(F)(F)F)c3)CCN2C1=O. The molecule has 2 saturated heterocycles. The van der Waals surface area contributed by atoms with Crippen molar-refractivity contribution in [2.45, 2.75) is 50.5 Å². The van der Waals surface area contributed by atoms with Crippen molar-refractivity contribution in [1.82, 2.24) is 14.7 Å². The Bertz CT molecular complexity index is 1350. The number of fused-ring (bicyclic) bond motifs is 1. The van der Waals surface area contributed by atoms with Gasteiger partial charge < -0.3 is 14.7 Å². The Balaban J connectivity index is 1.75. The zero-order chi connectivity index (χ0) is 30.1. The normalized spacial score (nSPS) is 20.8. The van der Waals surface area contributed by atoms with Crippen LogP contribution in [0.15, 0.2) is 80.4 Å². The average Bonchev–Trinajstić information content (AvgIpc) is 3.19. The van der Waals surface area contributed by atoms with Crippen LogP contribution in [0.3, 0.4) is 0 Å². The van der Waals surface area contributed by atoms with Crippen LogP contribution in [-0.2, 0) is 11.0 Å². The van der Waals surface area contributed by atoms with Crippen molar-refractivity contribution in [2.75, 3.05) is 20.1 Å². The first-order valence-corrected chi connectivity index (χ1v) is 13.9. The molecular formula is C32H35ClF3N3O2. The fourth-order valence-electron chi connectivity index (χ4n) is 6.44. The highest BCUT2D eigenvalue weighted by Crippen LogP contribution is 2.50. The minimum absolute atomic E-state index is 0.0314. The molecule has 2 aliphatic heterocycles. The predicted octanol–water partition coefficient (Wildman–Crippen LogP) is 7.74. The summed E-state index contributed by atoms with van der Waals surface area (Å²) in [6.07, 6.45) is 1.86. The van der Waals surface area contributed by atoms with E-state index in [4.69, 9.17) is 11.6 Å². The fraction of sp³-hybridized carbons (Fsp3) is 0.375. The molecule has 2 aromatic carbocycles. The molecule has 0 bridgehead atoms. The lowest BCUT2D eigenvalue weighted by Crippen LogP contribution is -2.57. The summed E-state index contributed by atoms with van der Waals surface area (Å²) in [5.41, 5.74) is 0.515. The lowest BCUT2D eigenvalue weighted by molar-refractivity contribution is -0.139. The lowest BCUT2D eigenvalue weighted by atomic mass is 9.76. The van der Waals surface area contributed by atoms with Crippen molar-refractivity contribution in [3.05, 3.63) is 108 Å². The predicted molar refractivity (Wildman–Crippen MR) is 155 cm³/mol. The van der Waals surface area contributed by atoms with Gasteiger partial charge in [-0.25, -0.2) is 4.79 Å². The molecule has 0 radical (unpaired) electrons.